The first-order valence-electron chi connectivity index (χ1n) is 9.43. The predicted molar refractivity (Wildman–Crippen MR) is 107 cm³/mol. The number of ether oxygens (including phenoxy) is 1. The van der Waals surface area contributed by atoms with E-state index in [0.29, 0.717) is 6.54 Å². The second-order valence-corrected chi connectivity index (χ2v) is 7.94. The summed E-state index contributed by atoms with van der Waals surface area (Å²) < 4.78 is 5.86. The van der Waals surface area contributed by atoms with Crippen molar-refractivity contribution in [3.05, 3.63) is 35.9 Å². The van der Waals surface area contributed by atoms with Crippen molar-refractivity contribution in [2.24, 2.45) is 5.41 Å². The average molecular weight is 382 g/mol. The molecule has 2 aliphatic rings. The summed E-state index contributed by atoms with van der Waals surface area (Å²) in [5.41, 5.74) is 1.33. The Hall–Kier alpha value is -1.14. The zero-order valence-corrected chi connectivity index (χ0v) is 16.7. The summed E-state index contributed by atoms with van der Waals surface area (Å²) in [6.07, 6.45) is 2.29. The van der Waals surface area contributed by atoms with Gasteiger partial charge in [0.2, 0.25) is 5.91 Å². The Morgan fingerprint density at radius 2 is 2.12 bits per heavy atom. The number of morpholine rings is 1. The van der Waals surface area contributed by atoms with Gasteiger partial charge in [-0.05, 0) is 30.4 Å². The predicted octanol–water partition coefficient (Wildman–Crippen LogP) is 2.20. The first-order chi connectivity index (χ1) is 12.0. The van der Waals surface area contributed by atoms with Gasteiger partial charge >= 0.3 is 0 Å². The number of rotatable bonds is 5. The van der Waals surface area contributed by atoms with Crippen LogP contribution in [0.15, 0.2) is 30.3 Å². The summed E-state index contributed by atoms with van der Waals surface area (Å²) in [4.78, 5) is 15.0. The maximum atomic E-state index is 12.6. The Morgan fingerprint density at radius 3 is 2.85 bits per heavy atom. The minimum absolute atomic E-state index is 0. The second kappa shape index (κ2) is 9.70. The van der Waals surface area contributed by atoms with Crippen LogP contribution in [0.2, 0.25) is 0 Å². The number of carbonyl (C=O) groups is 1. The van der Waals surface area contributed by atoms with Crippen LogP contribution in [-0.4, -0.2) is 55.7 Å². The molecule has 1 aromatic carbocycles. The third-order valence-electron chi connectivity index (χ3n) is 5.37. The number of hydrogen-bond acceptors (Lipinski definition) is 4. The van der Waals surface area contributed by atoms with Crippen molar-refractivity contribution in [2.45, 2.75) is 45.4 Å². The Labute approximate surface area is 163 Å². The van der Waals surface area contributed by atoms with Gasteiger partial charge in [0.25, 0.3) is 0 Å². The number of hydrogen-bond donors (Lipinski definition) is 2. The molecule has 2 aliphatic heterocycles. The highest BCUT2D eigenvalue weighted by molar-refractivity contribution is 5.85. The van der Waals surface area contributed by atoms with Crippen LogP contribution in [0.25, 0.3) is 0 Å². The molecule has 0 bridgehead atoms. The summed E-state index contributed by atoms with van der Waals surface area (Å²) in [6.45, 7) is 9.30. The van der Waals surface area contributed by atoms with Crippen molar-refractivity contribution in [1.29, 1.82) is 0 Å². The largest absolute Gasteiger partial charge is 0.374 e. The van der Waals surface area contributed by atoms with Crippen molar-refractivity contribution >= 4 is 18.3 Å². The lowest BCUT2D eigenvalue weighted by molar-refractivity contribution is -0.128. The van der Waals surface area contributed by atoms with Crippen LogP contribution in [0.1, 0.15) is 32.3 Å². The SMILES string of the molecule is CC1(C)CCCNC1C(=O)NCC1CN(Cc2ccccc2)CCO1.Cl. The number of amides is 1. The van der Waals surface area contributed by atoms with E-state index in [0.717, 1.165) is 45.6 Å². The van der Waals surface area contributed by atoms with Crippen LogP contribution in [0.4, 0.5) is 0 Å². The van der Waals surface area contributed by atoms with Crippen LogP contribution >= 0.6 is 12.4 Å². The van der Waals surface area contributed by atoms with Crippen LogP contribution in [-0.2, 0) is 16.1 Å². The Kier molecular flexibility index (Phi) is 7.89. The molecule has 0 spiro atoms. The number of halogens is 1. The Balaban J connectivity index is 0.00000243. The highest BCUT2D eigenvalue weighted by atomic mass is 35.5. The quantitative estimate of drug-likeness (QED) is 0.821. The molecule has 0 radical (unpaired) electrons. The van der Waals surface area contributed by atoms with Gasteiger partial charge < -0.3 is 15.4 Å². The van der Waals surface area contributed by atoms with Gasteiger partial charge in [-0.25, -0.2) is 0 Å². The molecule has 26 heavy (non-hydrogen) atoms. The lowest BCUT2D eigenvalue weighted by atomic mass is 9.77. The maximum absolute atomic E-state index is 12.6. The van der Waals surface area contributed by atoms with Gasteiger partial charge in [0, 0.05) is 26.2 Å². The number of benzene rings is 1. The van der Waals surface area contributed by atoms with Gasteiger partial charge in [0.05, 0.1) is 18.8 Å². The normalized spacial score (nSPS) is 25.9. The highest BCUT2D eigenvalue weighted by Crippen LogP contribution is 2.30. The number of carbonyl (C=O) groups excluding carboxylic acids is 1. The van der Waals surface area contributed by atoms with E-state index in [1.165, 1.54) is 5.56 Å². The average Bonchev–Trinajstić information content (AvgIpc) is 2.60. The minimum Gasteiger partial charge on any atom is -0.374 e. The first kappa shape index (κ1) is 21.2. The van der Waals surface area contributed by atoms with E-state index in [4.69, 9.17) is 4.74 Å². The molecule has 2 saturated heterocycles. The molecule has 3 rings (SSSR count). The van der Waals surface area contributed by atoms with E-state index in [1.807, 2.05) is 6.07 Å². The molecule has 146 valence electrons. The van der Waals surface area contributed by atoms with Crippen LogP contribution in [0, 0.1) is 5.41 Å². The summed E-state index contributed by atoms with van der Waals surface area (Å²) in [6, 6.07) is 10.4. The van der Waals surface area contributed by atoms with Crippen LogP contribution < -0.4 is 10.6 Å². The summed E-state index contributed by atoms with van der Waals surface area (Å²) in [7, 11) is 0. The van der Waals surface area contributed by atoms with Crippen molar-refractivity contribution < 1.29 is 9.53 Å². The van der Waals surface area contributed by atoms with E-state index < -0.39 is 0 Å². The van der Waals surface area contributed by atoms with E-state index in [-0.39, 0.29) is 35.9 Å². The maximum Gasteiger partial charge on any atom is 0.237 e. The minimum atomic E-state index is -0.106. The van der Waals surface area contributed by atoms with Crippen molar-refractivity contribution in [3.8, 4) is 0 Å². The fourth-order valence-corrected chi connectivity index (χ4v) is 3.86. The molecule has 2 unspecified atom stereocenters. The molecule has 2 fully saturated rings. The number of nitrogens with zero attached hydrogens (tertiary/aromatic N) is 1. The zero-order chi connectivity index (χ0) is 17.7. The van der Waals surface area contributed by atoms with Gasteiger partial charge in [-0.15, -0.1) is 12.4 Å². The fraction of sp³-hybridized carbons (Fsp3) is 0.650. The van der Waals surface area contributed by atoms with Crippen LogP contribution in [0.3, 0.4) is 0 Å². The lowest BCUT2D eigenvalue weighted by Crippen LogP contribution is -2.57. The van der Waals surface area contributed by atoms with E-state index in [1.54, 1.807) is 0 Å². The van der Waals surface area contributed by atoms with Gasteiger partial charge in [-0.3, -0.25) is 9.69 Å². The second-order valence-electron chi connectivity index (χ2n) is 7.94. The monoisotopic (exact) mass is 381 g/mol. The molecule has 2 atom stereocenters. The zero-order valence-electron chi connectivity index (χ0n) is 15.9. The van der Waals surface area contributed by atoms with Crippen molar-refractivity contribution in [2.75, 3.05) is 32.8 Å². The molecule has 0 saturated carbocycles. The molecule has 1 amide bonds. The topological polar surface area (TPSA) is 53.6 Å². The number of nitrogens with one attached hydrogen (secondary N) is 2. The fourth-order valence-electron chi connectivity index (χ4n) is 3.86. The number of piperidine rings is 1. The Morgan fingerprint density at radius 1 is 1.35 bits per heavy atom. The van der Waals surface area contributed by atoms with Crippen molar-refractivity contribution in [1.82, 2.24) is 15.5 Å². The van der Waals surface area contributed by atoms with Crippen LogP contribution in [0.5, 0.6) is 0 Å². The third kappa shape index (κ3) is 5.68. The Bertz CT molecular complexity index is 567. The van der Waals surface area contributed by atoms with Crippen molar-refractivity contribution in [3.63, 3.8) is 0 Å². The summed E-state index contributed by atoms with van der Waals surface area (Å²) in [5.74, 6) is 0.105. The standard InChI is InChI=1S/C20H31N3O2.ClH/c1-20(2)9-6-10-21-18(20)19(24)22-13-17-15-23(11-12-25-17)14-16-7-4-3-5-8-16;/h3-5,7-8,17-18,21H,6,9-15H2,1-2H3,(H,22,24);1H. The molecule has 2 N–H and O–H groups in total. The molecule has 0 aromatic heterocycles. The van der Waals surface area contributed by atoms with E-state index in [9.17, 15) is 4.79 Å². The molecule has 5 nitrogen and oxygen atoms in total. The summed E-state index contributed by atoms with van der Waals surface area (Å²) in [5, 5.41) is 6.48. The third-order valence-corrected chi connectivity index (χ3v) is 5.37. The van der Waals surface area contributed by atoms with Gasteiger partial charge in [0.1, 0.15) is 0 Å². The first-order valence-corrected chi connectivity index (χ1v) is 9.43. The molecular weight excluding hydrogens is 350 g/mol. The van der Waals surface area contributed by atoms with Gasteiger partial charge in [0.15, 0.2) is 0 Å². The smallest absolute Gasteiger partial charge is 0.237 e. The molecule has 1 aromatic rings. The molecule has 0 aliphatic carbocycles. The lowest BCUT2D eigenvalue weighted by Gasteiger charge is -2.39. The molecule has 6 heteroatoms. The molecule has 2 heterocycles. The van der Waals surface area contributed by atoms with E-state index >= 15 is 0 Å². The van der Waals surface area contributed by atoms with Gasteiger partial charge in [-0.2, -0.15) is 0 Å². The molecular formula is C20H32ClN3O2. The van der Waals surface area contributed by atoms with E-state index in [2.05, 4.69) is 53.6 Å². The van der Waals surface area contributed by atoms with Gasteiger partial charge in [-0.1, -0.05) is 44.2 Å². The summed E-state index contributed by atoms with van der Waals surface area (Å²) >= 11 is 0. The highest BCUT2D eigenvalue weighted by Gasteiger charge is 2.37.